The fourth-order valence-corrected chi connectivity index (χ4v) is 3.20. The van der Waals surface area contributed by atoms with Gasteiger partial charge < -0.3 is 15.1 Å². The Kier molecular flexibility index (Phi) is 7.35. The number of carbonyl (C=O) groups is 1. The van der Waals surface area contributed by atoms with E-state index in [9.17, 15) is 4.79 Å². The van der Waals surface area contributed by atoms with E-state index in [1.54, 1.807) is 12.5 Å². The molecule has 0 saturated carbocycles. The van der Waals surface area contributed by atoms with Crippen LogP contribution in [0.2, 0.25) is 0 Å². The second kappa shape index (κ2) is 8.53. The van der Waals surface area contributed by atoms with E-state index in [1.165, 1.54) is 11.3 Å². The number of furan rings is 1. The SMILES string of the molecule is CC1CC(NC(=O)c2cnc(-c3ccco3)s2)CCN1.Cl.Cl. The third-order valence-electron chi connectivity index (χ3n) is 3.42. The summed E-state index contributed by atoms with van der Waals surface area (Å²) in [6.45, 7) is 3.09. The van der Waals surface area contributed by atoms with E-state index in [-0.39, 0.29) is 36.8 Å². The van der Waals surface area contributed by atoms with Gasteiger partial charge in [0.25, 0.3) is 5.91 Å². The lowest BCUT2D eigenvalue weighted by Crippen LogP contribution is -2.46. The summed E-state index contributed by atoms with van der Waals surface area (Å²) in [6, 6.07) is 4.35. The highest BCUT2D eigenvalue weighted by molar-refractivity contribution is 7.16. The van der Waals surface area contributed by atoms with Crippen LogP contribution >= 0.6 is 36.2 Å². The van der Waals surface area contributed by atoms with Gasteiger partial charge in [-0.05, 0) is 38.4 Å². The van der Waals surface area contributed by atoms with Crippen LogP contribution < -0.4 is 10.6 Å². The molecule has 122 valence electrons. The zero-order chi connectivity index (χ0) is 13.9. The predicted octanol–water partition coefficient (Wildman–Crippen LogP) is 3.12. The zero-order valence-electron chi connectivity index (χ0n) is 12.1. The molecule has 0 aliphatic carbocycles. The molecule has 1 fully saturated rings. The number of piperidine rings is 1. The van der Waals surface area contributed by atoms with Gasteiger partial charge in [-0.1, -0.05) is 0 Å². The Morgan fingerprint density at radius 1 is 1.50 bits per heavy atom. The minimum Gasteiger partial charge on any atom is -0.462 e. The van der Waals surface area contributed by atoms with Crippen LogP contribution in [0, 0.1) is 0 Å². The van der Waals surface area contributed by atoms with Crippen LogP contribution in [0.1, 0.15) is 29.4 Å². The molecule has 3 heterocycles. The van der Waals surface area contributed by atoms with Crippen LogP contribution in [0.3, 0.4) is 0 Å². The molecule has 1 saturated heterocycles. The number of hydrogen-bond donors (Lipinski definition) is 2. The third kappa shape index (κ3) is 4.46. The number of thiazole rings is 1. The number of carbonyl (C=O) groups excluding carboxylic acids is 1. The minimum absolute atomic E-state index is 0. The molecule has 2 aromatic rings. The highest BCUT2D eigenvalue weighted by Crippen LogP contribution is 2.25. The van der Waals surface area contributed by atoms with Crippen molar-refractivity contribution in [1.82, 2.24) is 15.6 Å². The number of halogens is 2. The Hall–Kier alpha value is -1.08. The van der Waals surface area contributed by atoms with Gasteiger partial charge in [0.05, 0.1) is 12.5 Å². The maximum absolute atomic E-state index is 12.2. The molecule has 1 aliphatic rings. The molecule has 8 heteroatoms. The van der Waals surface area contributed by atoms with Gasteiger partial charge >= 0.3 is 0 Å². The van der Waals surface area contributed by atoms with Gasteiger partial charge in [-0.2, -0.15) is 0 Å². The van der Waals surface area contributed by atoms with Gasteiger partial charge in [-0.25, -0.2) is 4.98 Å². The van der Waals surface area contributed by atoms with Gasteiger partial charge in [0, 0.05) is 12.1 Å². The summed E-state index contributed by atoms with van der Waals surface area (Å²) in [7, 11) is 0. The van der Waals surface area contributed by atoms with Crippen molar-refractivity contribution in [2.24, 2.45) is 0 Å². The second-order valence-corrected chi connectivity index (χ2v) is 6.09. The fraction of sp³-hybridized carbons (Fsp3) is 0.429. The molecule has 0 radical (unpaired) electrons. The van der Waals surface area contributed by atoms with Crippen molar-refractivity contribution in [1.29, 1.82) is 0 Å². The first-order chi connectivity index (χ1) is 9.72. The number of amides is 1. The van der Waals surface area contributed by atoms with Gasteiger partial charge in [0.1, 0.15) is 4.88 Å². The van der Waals surface area contributed by atoms with Crippen LogP contribution in [0.5, 0.6) is 0 Å². The number of nitrogens with zero attached hydrogens (tertiary/aromatic N) is 1. The van der Waals surface area contributed by atoms with Gasteiger partial charge in [-0.3, -0.25) is 4.79 Å². The Balaban J connectivity index is 0.00000121. The number of aromatic nitrogens is 1. The molecular formula is C14H19Cl2N3O2S. The zero-order valence-corrected chi connectivity index (χ0v) is 14.5. The molecule has 0 bridgehead atoms. The first-order valence-corrected chi connectivity index (χ1v) is 7.58. The molecular weight excluding hydrogens is 345 g/mol. The van der Waals surface area contributed by atoms with Gasteiger partial charge in [-0.15, -0.1) is 36.2 Å². The summed E-state index contributed by atoms with van der Waals surface area (Å²) in [5, 5.41) is 7.19. The van der Waals surface area contributed by atoms with Crippen molar-refractivity contribution < 1.29 is 9.21 Å². The summed E-state index contributed by atoms with van der Waals surface area (Å²) in [5.74, 6) is 0.656. The van der Waals surface area contributed by atoms with Crippen LogP contribution in [-0.2, 0) is 0 Å². The Labute approximate surface area is 145 Å². The highest BCUT2D eigenvalue weighted by Gasteiger charge is 2.21. The maximum atomic E-state index is 12.2. The number of rotatable bonds is 3. The van der Waals surface area contributed by atoms with Crippen molar-refractivity contribution in [3.63, 3.8) is 0 Å². The van der Waals surface area contributed by atoms with E-state index in [2.05, 4.69) is 22.5 Å². The van der Waals surface area contributed by atoms with E-state index >= 15 is 0 Å². The largest absolute Gasteiger partial charge is 0.462 e. The highest BCUT2D eigenvalue weighted by atomic mass is 35.5. The summed E-state index contributed by atoms with van der Waals surface area (Å²) < 4.78 is 5.28. The number of nitrogens with one attached hydrogen (secondary N) is 2. The number of hydrogen-bond acceptors (Lipinski definition) is 5. The summed E-state index contributed by atoms with van der Waals surface area (Å²) >= 11 is 1.36. The Bertz CT molecular complexity index is 589. The van der Waals surface area contributed by atoms with Crippen molar-refractivity contribution in [2.45, 2.75) is 31.8 Å². The lowest BCUT2D eigenvalue weighted by molar-refractivity contribution is 0.0929. The summed E-state index contributed by atoms with van der Waals surface area (Å²) in [4.78, 5) is 17.1. The van der Waals surface area contributed by atoms with Crippen LogP contribution in [0.25, 0.3) is 10.8 Å². The topological polar surface area (TPSA) is 67.2 Å². The summed E-state index contributed by atoms with van der Waals surface area (Å²) in [6.07, 6.45) is 5.16. The normalized spacial score (nSPS) is 20.6. The molecule has 1 aliphatic heterocycles. The Morgan fingerprint density at radius 2 is 2.32 bits per heavy atom. The van der Waals surface area contributed by atoms with E-state index in [4.69, 9.17) is 4.42 Å². The molecule has 2 unspecified atom stereocenters. The minimum atomic E-state index is -0.0422. The van der Waals surface area contributed by atoms with E-state index < -0.39 is 0 Å². The van der Waals surface area contributed by atoms with E-state index in [1.807, 2.05) is 12.1 Å². The van der Waals surface area contributed by atoms with Crippen LogP contribution in [0.4, 0.5) is 0 Å². The smallest absolute Gasteiger partial charge is 0.263 e. The first kappa shape index (κ1) is 19.0. The van der Waals surface area contributed by atoms with Crippen LogP contribution in [0.15, 0.2) is 29.0 Å². The predicted molar refractivity (Wildman–Crippen MR) is 92.3 cm³/mol. The molecule has 1 amide bonds. The van der Waals surface area contributed by atoms with Gasteiger partial charge in [0.15, 0.2) is 10.8 Å². The van der Waals surface area contributed by atoms with Crippen molar-refractivity contribution in [3.05, 3.63) is 29.5 Å². The Morgan fingerprint density at radius 3 is 3.00 bits per heavy atom. The molecule has 5 nitrogen and oxygen atoms in total. The average molecular weight is 364 g/mol. The lowest BCUT2D eigenvalue weighted by Gasteiger charge is -2.28. The van der Waals surface area contributed by atoms with E-state index in [0.29, 0.717) is 16.7 Å². The monoisotopic (exact) mass is 363 g/mol. The third-order valence-corrected chi connectivity index (χ3v) is 4.43. The van der Waals surface area contributed by atoms with Gasteiger partial charge in [0.2, 0.25) is 0 Å². The van der Waals surface area contributed by atoms with Crippen molar-refractivity contribution in [2.75, 3.05) is 6.54 Å². The summed E-state index contributed by atoms with van der Waals surface area (Å²) in [5.41, 5.74) is 0. The van der Waals surface area contributed by atoms with Crippen LogP contribution in [-0.4, -0.2) is 29.5 Å². The van der Waals surface area contributed by atoms with E-state index in [0.717, 1.165) is 24.4 Å². The standard InChI is InChI=1S/C14H17N3O2S.2ClH/c1-9-7-10(4-5-15-9)17-13(18)12-8-16-14(20-12)11-3-2-6-19-11;;/h2-3,6,8-10,15H,4-5,7H2,1H3,(H,17,18);2*1H. The second-order valence-electron chi connectivity index (χ2n) is 5.06. The van der Waals surface area contributed by atoms with Crippen molar-refractivity contribution in [3.8, 4) is 10.8 Å². The molecule has 22 heavy (non-hydrogen) atoms. The molecule has 2 aromatic heterocycles. The molecule has 0 aromatic carbocycles. The van der Waals surface area contributed by atoms with Crippen molar-refractivity contribution >= 4 is 42.1 Å². The molecule has 2 N–H and O–H groups in total. The first-order valence-electron chi connectivity index (χ1n) is 6.76. The molecule has 0 spiro atoms. The lowest BCUT2D eigenvalue weighted by atomic mass is 10.0. The maximum Gasteiger partial charge on any atom is 0.263 e. The average Bonchev–Trinajstić information content (AvgIpc) is 3.10. The fourth-order valence-electron chi connectivity index (χ4n) is 2.41. The molecule has 3 rings (SSSR count). The quantitative estimate of drug-likeness (QED) is 0.878. The molecule has 2 atom stereocenters.